The fourth-order valence-electron chi connectivity index (χ4n) is 3.39. The lowest BCUT2D eigenvalue weighted by molar-refractivity contribution is 0.671. The van der Waals surface area contributed by atoms with E-state index < -0.39 is 0 Å². The Labute approximate surface area is 128 Å². The number of aromatic nitrogens is 1. The summed E-state index contributed by atoms with van der Waals surface area (Å²) in [5.41, 5.74) is 6.76. The minimum Gasteiger partial charge on any atom is -0.384 e. The molecule has 0 aliphatic heterocycles. The number of hydrogen-bond donors (Lipinski definition) is 1. The molecule has 0 spiro atoms. The van der Waals surface area contributed by atoms with Crippen LogP contribution < -0.4 is 5.32 Å². The summed E-state index contributed by atoms with van der Waals surface area (Å²) < 4.78 is 0. The summed E-state index contributed by atoms with van der Waals surface area (Å²) in [4.78, 5) is 5.07. The number of anilines is 1. The highest BCUT2D eigenvalue weighted by molar-refractivity contribution is 5.95. The Hall–Kier alpha value is -1.57. The highest BCUT2D eigenvalue weighted by atomic mass is 14.9. The SMILES string of the molecule is CCCNc1c2c(nc3c(C(C)C)cccc13)CCCC2. The average Bonchev–Trinajstić information content (AvgIpc) is 2.50. The maximum Gasteiger partial charge on any atom is 0.0760 e. The topological polar surface area (TPSA) is 24.9 Å². The van der Waals surface area contributed by atoms with Gasteiger partial charge in [0.25, 0.3) is 0 Å². The highest BCUT2D eigenvalue weighted by Crippen LogP contribution is 2.36. The van der Waals surface area contributed by atoms with E-state index in [1.54, 1.807) is 0 Å². The zero-order valence-electron chi connectivity index (χ0n) is 13.5. The second-order valence-corrected chi connectivity index (χ2v) is 6.44. The first-order valence-electron chi connectivity index (χ1n) is 8.40. The predicted molar refractivity (Wildman–Crippen MR) is 91.3 cm³/mol. The van der Waals surface area contributed by atoms with Gasteiger partial charge in [0.2, 0.25) is 0 Å². The standard InChI is InChI=1S/C19H26N2/c1-4-12-20-18-15-8-5-6-11-17(15)21-19-14(13(2)3)9-7-10-16(18)19/h7,9-10,13H,4-6,8,11-12H2,1-3H3,(H,20,21). The molecule has 1 heterocycles. The largest absolute Gasteiger partial charge is 0.384 e. The molecule has 0 bridgehead atoms. The third-order valence-electron chi connectivity index (χ3n) is 4.50. The van der Waals surface area contributed by atoms with Gasteiger partial charge in [-0.05, 0) is 49.1 Å². The average molecular weight is 282 g/mol. The zero-order chi connectivity index (χ0) is 14.8. The normalized spacial score (nSPS) is 14.5. The molecule has 1 aromatic carbocycles. The van der Waals surface area contributed by atoms with Crippen molar-refractivity contribution in [2.75, 3.05) is 11.9 Å². The second kappa shape index (κ2) is 6.05. The maximum absolute atomic E-state index is 5.07. The summed E-state index contributed by atoms with van der Waals surface area (Å²) in [5.74, 6) is 0.516. The number of nitrogens with one attached hydrogen (secondary N) is 1. The fraction of sp³-hybridized carbons (Fsp3) is 0.526. The van der Waals surface area contributed by atoms with E-state index in [1.165, 1.54) is 52.7 Å². The van der Waals surface area contributed by atoms with E-state index >= 15 is 0 Å². The van der Waals surface area contributed by atoms with Crippen molar-refractivity contribution in [1.82, 2.24) is 4.98 Å². The Balaban J connectivity index is 2.25. The number of hydrogen-bond acceptors (Lipinski definition) is 2. The summed E-state index contributed by atoms with van der Waals surface area (Å²) in [7, 11) is 0. The van der Waals surface area contributed by atoms with Crippen LogP contribution in [0.15, 0.2) is 18.2 Å². The van der Waals surface area contributed by atoms with E-state index in [0.29, 0.717) is 5.92 Å². The van der Waals surface area contributed by atoms with E-state index in [1.807, 2.05) is 0 Å². The van der Waals surface area contributed by atoms with Crippen LogP contribution in [0.1, 0.15) is 62.8 Å². The first kappa shape index (κ1) is 14.4. The molecule has 0 fully saturated rings. The number of aryl methyl sites for hydroxylation is 1. The fourth-order valence-corrected chi connectivity index (χ4v) is 3.39. The van der Waals surface area contributed by atoms with E-state index in [4.69, 9.17) is 4.98 Å². The first-order valence-corrected chi connectivity index (χ1v) is 8.40. The van der Waals surface area contributed by atoms with Gasteiger partial charge in [-0.3, -0.25) is 4.98 Å². The van der Waals surface area contributed by atoms with Crippen molar-refractivity contribution >= 4 is 16.6 Å². The molecule has 0 unspecified atom stereocenters. The van der Waals surface area contributed by atoms with Gasteiger partial charge in [0.1, 0.15) is 0 Å². The molecule has 0 radical (unpaired) electrons. The number of nitrogens with zero attached hydrogens (tertiary/aromatic N) is 1. The van der Waals surface area contributed by atoms with Crippen LogP contribution in [0.25, 0.3) is 10.9 Å². The minimum absolute atomic E-state index is 0.516. The smallest absolute Gasteiger partial charge is 0.0760 e. The van der Waals surface area contributed by atoms with Gasteiger partial charge >= 0.3 is 0 Å². The summed E-state index contributed by atoms with van der Waals surface area (Å²) in [5, 5.41) is 5.01. The van der Waals surface area contributed by atoms with Gasteiger partial charge in [-0.25, -0.2) is 0 Å². The van der Waals surface area contributed by atoms with Gasteiger partial charge in [-0.1, -0.05) is 39.0 Å². The van der Waals surface area contributed by atoms with Crippen LogP contribution in [0.4, 0.5) is 5.69 Å². The van der Waals surface area contributed by atoms with Crippen LogP contribution in [0, 0.1) is 0 Å². The Kier molecular flexibility index (Phi) is 4.14. The predicted octanol–water partition coefficient (Wildman–Crippen LogP) is 5.06. The van der Waals surface area contributed by atoms with Gasteiger partial charge in [0.15, 0.2) is 0 Å². The molecule has 0 atom stereocenters. The van der Waals surface area contributed by atoms with Crippen molar-refractivity contribution < 1.29 is 0 Å². The maximum atomic E-state index is 5.07. The van der Waals surface area contributed by atoms with Crippen molar-refractivity contribution in [3.8, 4) is 0 Å². The minimum atomic E-state index is 0.516. The van der Waals surface area contributed by atoms with Crippen molar-refractivity contribution in [3.63, 3.8) is 0 Å². The molecule has 1 aliphatic carbocycles. The molecule has 2 aromatic rings. The van der Waals surface area contributed by atoms with E-state index in [2.05, 4.69) is 44.3 Å². The van der Waals surface area contributed by atoms with E-state index in [9.17, 15) is 0 Å². The molecular weight excluding hydrogens is 256 g/mol. The lowest BCUT2D eigenvalue weighted by atomic mass is 9.90. The van der Waals surface area contributed by atoms with Crippen LogP contribution >= 0.6 is 0 Å². The van der Waals surface area contributed by atoms with Crippen LogP contribution in [-0.2, 0) is 12.8 Å². The Morgan fingerprint density at radius 1 is 1.19 bits per heavy atom. The second-order valence-electron chi connectivity index (χ2n) is 6.44. The molecule has 1 aliphatic rings. The molecule has 21 heavy (non-hydrogen) atoms. The number of rotatable bonds is 4. The Morgan fingerprint density at radius 3 is 2.76 bits per heavy atom. The number of pyridine rings is 1. The number of para-hydroxylation sites is 1. The van der Waals surface area contributed by atoms with E-state index in [0.717, 1.165) is 19.4 Å². The number of fused-ring (bicyclic) bond motifs is 2. The molecular formula is C19H26N2. The molecule has 3 rings (SSSR count). The van der Waals surface area contributed by atoms with Gasteiger partial charge in [0.05, 0.1) is 5.52 Å². The molecule has 2 heteroatoms. The third-order valence-corrected chi connectivity index (χ3v) is 4.50. The summed E-state index contributed by atoms with van der Waals surface area (Å²) in [6.07, 6.45) is 6.05. The van der Waals surface area contributed by atoms with Crippen molar-refractivity contribution in [1.29, 1.82) is 0 Å². The van der Waals surface area contributed by atoms with Crippen LogP contribution in [0.2, 0.25) is 0 Å². The van der Waals surface area contributed by atoms with Gasteiger partial charge in [-0.15, -0.1) is 0 Å². The zero-order valence-corrected chi connectivity index (χ0v) is 13.5. The lowest BCUT2D eigenvalue weighted by Crippen LogP contribution is -2.12. The molecule has 1 aromatic heterocycles. The lowest BCUT2D eigenvalue weighted by Gasteiger charge is -2.23. The molecule has 1 N–H and O–H groups in total. The Morgan fingerprint density at radius 2 is 2.00 bits per heavy atom. The summed E-state index contributed by atoms with van der Waals surface area (Å²) in [6.45, 7) is 7.78. The van der Waals surface area contributed by atoms with E-state index in [-0.39, 0.29) is 0 Å². The monoisotopic (exact) mass is 282 g/mol. The summed E-state index contributed by atoms with van der Waals surface area (Å²) in [6, 6.07) is 6.66. The van der Waals surface area contributed by atoms with Crippen molar-refractivity contribution in [2.24, 2.45) is 0 Å². The molecule has 0 amide bonds. The van der Waals surface area contributed by atoms with Crippen molar-refractivity contribution in [3.05, 3.63) is 35.0 Å². The molecule has 0 saturated carbocycles. The van der Waals surface area contributed by atoms with Crippen LogP contribution in [-0.4, -0.2) is 11.5 Å². The molecule has 2 nitrogen and oxygen atoms in total. The van der Waals surface area contributed by atoms with Crippen molar-refractivity contribution in [2.45, 2.75) is 58.8 Å². The highest BCUT2D eigenvalue weighted by Gasteiger charge is 2.19. The van der Waals surface area contributed by atoms with Crippen LogP contribution in [0.5, 0.6) is 0 Å². The van der Waals surface area contributed by atoms with Gasteiger partial charge < -0.3 is 5.32 Å². The third kappa shape index (κ3) is 2.64. The quantitative estimate of drug-likeness (QED) is 0.848. The van der Waals surface area contributed by atoms with Gasteiger partial charge in [0, 0.05) is 23.3 Å². The van der Waals surface area contributed by atoms with Crippen LogP contribution in [0.3, 0.4) is 0 Å². The Bertz CT molecular complexity index is 644. The molecule has 112 valence electrons. The van der Waals surface area contributed by atoms with Gasteiger partial charge in [-0.2, -0.15) is 0 Å². The number of benzene rings is 1. The molecule has 0 saturated heterocycles. The first-order chi connectivity index (χ1) is 10.2. The summed E-state index contributed by atoms with van der Waals surface area (Å²) >= 11 is 0.